The highest BCUT2D eigenvalue weighted by molar-refractivity contribution is 7.86. The third-order valence-electron chi connectivity index (χ3n) is 2.09. The molecule has 0 aliphatic rings. The standard InChI is InChI=1S/C9H20O3S/c1-4-7-13(10,11)12-8-9(5-2)6-3/h9H,4-8H2,1-3H3. The Labute approximate surface area is 81.6 Å². The van der Waals surface area contributed by atoms with Crippen molar-refractivity contribution in [3.63, 3.8) is 0 Å². The van der Waals surface area contributed by atoms with E-state index < -0.39 is 10.1 Å². The molecule has 3 nitrogen and oxygen atoms in total. The van der Waals surface area contributed by atoms with E-state index in [0.29, 0.717) is 18.9 Å². The fraction of sp³-hybridized carbons (Fsp3) is 1.00. The van der Waals surface area contributed by atoms with Gasteiger partial charge >= 0.3 is 0 Å². The average molecular weight is 208 g/mol. The molecule has 0 unspecified atom stereocenters. The van der Waals surface area contributed by atoms with Crippen LogP contribution >= 0.6 is 0 Å². The molecule has 0 aromatic carbocycles. The summed E-state index contributed by atoms with van der Waals surface area (Å²) >= 11 is 0. The van der Waals surface area contributed by atoms with E-state index in [4.69, 9.17) is 4.18 Å². The fourth-order valence-electron chi connectivity index (χ4n) is 1.03. The van der Waals surface area contributed by atoms with Crippen molar-refractivity contribution in [1.29, 1.82) is 0 Å². The molecule has 0 radical (unpaired) electrons. The van der Waals surface area contributed by atoms with Gasteiger partial charge in [-0.15, -0.1) is 0 Å². The lowest BCUT2D eigenvalue weighted by Crippen LogP contribution is -2.15. The molecular formula is C9H20O3S. The monoisotopic (exact) mass is 208 g/mol. The van der Waals surface area contributed by atoms with Gasteiger partial charge in [-0.25, -0.2) is 0 Å². The second kappa shape index (κ2) is 6.38. The maximum Gasteiger partial charge on any atom is 0.267 e. The summed E-state index contributed by atoms with van der Waals surface area (Å²) in [5, 5.41) is 0. The van der Waals surface area contributed by atoms with E-state index in [1.165, 1.54) is 0 Å². The number of hydrogen-bond donors (Lipinski definition) is 0. The third-order valence-corrected chi connectivity index (χ3v) is 3.50. The van der Waals surface area contributed by atoms with Crippen molar-refractivity contribution in [1.82, 2.24) is 0 Å². The molecule has 0 aromatic heterocycles. The van der Waals surface area contributed by atoms with Crippen molar-refractivity contribution in [2.24, 2.45) is 5.92 Å². The summed E-state index contributed by atoms with van der Waals surface area (Å²) in [4.78, 5) is 0. The highest BCUT2D eigenvalue weighted by atomic mass is 32.2. The van der Waals surface area contributed by atoms with Crippen LogP contribution in [0.2, 0.25) is 0 Å². The smallest absolute Gasteiger partial charge is 0.267 e. The summed E-state index contributed by atoms with van der Waals surface area (Å²) in [6.45, 7) is 6.27. The zero-order chi connectivity index (χ0) is 10.3. The fourth-order valence-corrected chi connectivity index (χ4v) is 2.05. The first-order chi connectivity index (χ1) is 6.05. The molecule has 4 heteroatoms. The molecule has 0 heterocycles. The quantitative estimate of drug-likeness (QED) is 0.602. The molecule has 0 spiro atoms. The molecule has 0 aromatic rings. The molecule has 0 saturated heterocycles. The van der Waals surface area contributed by atoms with Crippen LogP contribution in [0.5, 0.6) is 0 Å². The molecule has 0 aliphatic carbocycles. The zero-order valence-corrected chi connectivity index (χ0v) is 9.56. The lowest BCUT2D eigenvalue weighted by atomic mass is 10.1. The highest BCUT2D eigenvalue weighted by Gasteiger charge is 2.12. The number of hydrogen-bond acceptors (Lipinski definition) is 3. The van der Waals surface area contributed by atoms with E-state index >= 15 is 0 Å². The lowest BCUT2D eigenvalue weighted by molar-refractivity contribution is 0.245. The molecule has 13 heavy (non-hydrogen) atoms. The van der Waals surface area contributed by atoms with Crippen LogP contribution in [0.15, 0.2) is 0 Å². The van der Waals surface area contributed by atoms with Crippen LogP contribution < -0.4 is 0 Å². The largest absolute Gasteiger partial charge is 0.270 e. The van der Waals surface area contributed by atoms with Gasteiger partial charge in [0.1, 0.15) is 0 Å². The minimum Gasteiger partial charge on any atom is -0.270 e. The summed E-state index contributed by atoms with van der Waals surface area (Å²) < 4.78 is 27.2. The Kier molecular flexibility index (Phi) is 6.33. The molecule has 0 bridgehead atoms. The van der Waals surface area contributed by atoms with E-state index in [-0.39, 0.29) is 5.75 Å². The predicted molar refractivity (Wildman–Crippen MR) is 54.1 cm³/mol. The topological polar surface area (TPSA) is 43.4 Å². The molecule has 0 amide bonds. The van der Waals surface area contributed by atoms with E-state index in [9.17, 15) is 8.42 Å². The van der Waals surface area contributed by atoms with Crippen molar-refractivity contribution in [3.8, 4) is 0 Å². The van der Waals surface area contributed by atoms with Gasteiger partial charge in [0.25, 0.3) is 10.1 Å². The van der Waals surface area contributed by atoms with Gasteiger partial charge in [-0.1, -0.05) is 33.6 Å². The summed E-state index contributed by atoms with van der Waals surface area (Å²) in [5.74, 6) is 0.499. The molecule has 0 atom stereocenters. The van der Waals surface area contributed by atoms with Crippen LogP contribution in [0.1, 0.15) is 40.0 Å². The summed E-state index contributed by atoms with van der Waals surface area (Å²) in [6, 6.07) is 0. The molecule has 80 valence electrons. The van der Waals surface area contributed by atoms with Crippen molar-refractivity contribution >= 4 is 10.1 Å². The Morgan fingerprint density at radius 1 is 1.15 bits per heavy atom. The van der Waals surface area contributed by atoms with Crippen molar-refractivity contribution in [2.45, 2.75) is 40.0 Å². The molecule has 0 fully saturated rings. The molecule has 0 N–H and O–H groups in total. The van der Waals surface area contributed by atoms with Gasteiger partial charge in [0.15, 0.2) is 0 Å². The predicted octanol–water partition coefficient (Wildman–Crippen LogP) is 2.18. The minimum atomic E-state index is -3.25. The van der Waals surface area contributed by atoms with Crippen LogP contribution in [0.4, 0.5) is 0 Å². The zero-order valence-electron chi connectivity index (χ0n) is 8.75. The highest BCUT2D eigenvalue weighted by Crippen LogP contribution is 2.09. The van der Waals surface area contributed by atoms with Gasteiger partial charge in [-0.05, 0) is 12.3 Å². The number of rotatable bonds is 7. The Hall–Kier alpha value is -0.0900. The molecule has 0 rings (SSSR count). The lowest BCUT2D eigenvalue weighted by Gasteiger charge is -2.11. The van der Waals surface area contributed by atoms with Crippen LogP contribution in [0, 0.1) is 5.92 Å². The Bertz CT molecular complexity index is 205. The first-order valence-corrected chi connectivity index (χ1v) is 6.50. The first-order valence-electron chi connectivity index (χ1n) is 4.92. The van der Waals surface area contributed by atoms with Crippen molar-refractivity contribution < 1.29 is 12.6 Å². The van der Waals surface area contributed by atoms with E-state index in [0.717, 1.165) is 12.8 Å². The van der Waals surface area contributed by atoms with E-state index in [1.54, 1.807) is 0 Å². The van der Waals surface area contributed by atoms with Gasteiger partial charge in [0.2, 0.25) is 0 Å². The third kappa shape index (κ3) is 6.05. The van der Waals surface area contributed by atoms with Gasteiger partial charge in [0.05, 0.1) is 12.4 Å². The van der Waals surface area contributed by atoms with E-state index in [2.05, 4.69) is 0 Å². The molecule has 0 saturated carbocycles. The van der Waals surface area contributed by atoms with Gasteiger partial charge in [-0.3, -0.25) is 4.18 Å². The maximum atomic E-state index is 11.1. The Morgan fingerprint density at radius 2 is 1.69 bits per heavy atom. The first kappa shape index (κ1) is 12.9. The van der Waals surface area contributed by atoms with E-state index in [1.807, 2.05) is 20.8 Å². The summed E-state index contributed by atoms with van der Waals surface area (Å²) in [6.07, 6.45) is 2.56. The van der Waals surface area contributed by atoms with Gasteiger partial charge in [-0.2, -0.15) is 8.42 Å². The second-order valence-electron chi connectivity index (χ2n) is 3.23. The van der Waals surface area contributed by atoms with Crippen LogP contribution in [0.25, 0.3) is 0 Å². The van der Waals surface area contributed by atoms with Gasteiger partial charge in [0, 0.05) is 0 Å². The van der Waals surface area contributed by atoms with Crippen LogP contribution in [-0.2, 0) is 14.3 Å². The second-order valence-corrected chi connectivity index (χ2v) is 4.99. The Balaban J connectivity index is 3.86. The van der Waals surface area contributed by atoms with Gasteiger partial charge < -0.3 is 0 Å². The minimum absolute atomic E-state index is 0.132. The summed E-state index contributed by atoms with van der Waals surface area (Å²) in [5.41, 5.74) is 0. The van der Waals surface area contributed by atoms with Crippen LogP contribution in [0.3, 0.4) is 0 Å². The van der Waals surface area contributed by atoms with Crippen molar-refractivity contribution in [3.05, 3.63) is 0 Å². The SMILES string of the molecule is CCCS(=O)(=O)OCC(CC)CC. The average Bonchev–Trinajstić information content (AvgIpc) is 2.06. The van der Waals surface area contributed by atoms with Crippen molar-refractivity contribution in [2.75, 3.05) is 12.4 Å². The summed E-state index contributed by atoms with van der Waals surface area (Å²) in [7, 11) is -3.25. The molecular weight excluding hydrogens is 188 g/mol. The maximum absolute atomic E-state index is 11.1. The molecule has 0 aliphatic heterocycles. The normalized spacial score (nSPS) is 12.3. The van der Waals surface area contributed by atoms with Crippen LogP contribution in [-0.4, -0.2) is 20.8 Å². The Morgan fingerprint density at radius 3 is 2.08 bits per heavy atom.